The van der Waals surface area contributed by atoms with Crippen molar-refractivity contribution in [2.45, 2.75) is 13.8 Å². The normalized spacial score (nSPS) is 11.9. The molecule has 122 valence electrons. The molecule has 3 N–H and O–H groups in total. The second-order valence-corrected chi connectivity index (χ2v) is 5.56. The van der Waals surface area contributed by atoms with Crippen LogP contribution < -0.4 is 11.1 Å². The lowest BCUT2D eigenvalue weighted by molar-refractivity contribution is -0.114. The fourth-order valence-corrected chi connectivity index (χ4v) is 2.20. The molecule has 0 aliphatic heterocycles. The van der Waals surface area contributed by atoms with Gasteiger partial charge in [0.15, 0.2) is 0 Å². The third kappa shape index (κ3) is 4.68. The average molecular weight is 320 g/mol. The monoisotopic (exact) mass is 320 g/mol. The summed E-state index contributed by atoms with van der Waals surface area (Å²) in [5, 5.41) is 2.57. The highest BCUT2D eigenvalue weighted by Crippen LogP contribution is 2.17. The maximum Gasteiger partial charge on any atom is 0.250 e. The smallest absolute Gasteiger partial charge is 0.250 e. The van der Waals surface area contributed by atoms with Crippen molar-refractivity contribution in [2.24, 2.45) is 5.73 Å². The molecule has 4 nitrogen and oxygen atoms in total. The van der Waals surface area contributed by atoms with Crippen molar-refractivity contribution < 1.29 is 9.59 Å². The SMILES string of the molecule is Cc1ccc(/C=C(NC=O)/C(=C/c2ccc(C)cc2)C(N)=O)cc1. The second-order valence-electron chi connectivity index (χ2n) is 5.56. The van der Waals surface area contributed by atoms with E-state index in [2.05, 4.69) is 5.32 Å². The summed E-state index contributed by atoms with van der Waals surface area (Å²) in [5.41, 5.74) is 10.1. The Morgan fingerprint density at radius 3 is 1.75 bits per heavy atom. The minimum Gasteiger partial charge on any atom is -0.366 e. The molecule has 0 radical (unpaired) electrons. The van der Waals surface area contributed by atoms with E-state index in [1.54, 1.807) is 12.2 Å². The van der Waals surface area contributed by atoms with Gasteiger partial charge in [0.2, 0.25) is 6.41 Å². The average Bonchev–Trinajstić information content (AvgIpc) is 2.56. The number of carbonyl (C=O) groups excluding carboxylic acids is 2. The van der Waals surface area contributed by atoms with Gasteiger partial charge in [0.1, 0.15) is 0 Å². The van der Waals surface area contributed by atoms with Gasteiger partial charge >= 0.3 is 0 Å². The van der Waals surface area contributed by atoms with Crippen molar-refractivity contribution in [3.8, 4) is 0 Å². The van der Waals surface area contributed by atoms with Crippen LogP contribution in [0.3, 0.4) is 0 Å². The van der Waals surface area contributed by atoms with Crippen LogP contribution >= 0.6 is 0 Å². The standard InChI is InChI=1S/C20H20N2O2/c1-14-3-7-16(8-4-14)11-18(20(21)24)19(22-13-23)12-17-9-5-15(2)6-10-17/h3-13H,1-2H3,(H2,21,24)(H,22,23)/b18-11-,19-12-. The molecule has 0 atom stereocenters. The maximum atomic E-state index is 11.9. The van der Waals surface area contributed by atoms with Crippen LogP contribution in [0.5, 0.6) is 0 Å². The zero-order valence-electron chi connectivity index (χ0n) is 13.7. The molecular formula is C20H20N2O2. The van der Waals surface area contributed by atoms with Crippen LogP contribution in [0.15, 0.2) is 59.8 Å². The summed E-state index contributed by atoms with van der Waals surface area (Å²) in [7, 11) is 0. The Kier molecular flexibility index (Phi) is 5.68. The number of benzene rings is 2. The van der Waals surface area contributed by atoms with Gasteiger partial charge in [-0.15, -0.1) is 0 Å². The van der Waals surface area contributed by atoms with E-state index in [9.17, 15) is 9.59 Å². The molecule has 0 spiro atoms. The summed E-state index contributed by atoms with van der Waals surface area (Å²) >= 11 is 0. The lowest BCUT2D eigenvalue weighted by Gasteiger charge is -2.09. The molecular weight excluding hydrogens is 300 g/mol. The Hall–Kier alpha value is -3.14. The van der Waals surface area contributed by atoms with Crippen LogP contribution in [0.2, 0.25) is 0 Å². The van der Waals surface area contributed by atoms with Crippen LogP contribution in [0.1, 0.15) is 22.3 Å². The summed E-state index contributed by atoms with van der Waals surface area (Å²) < 4.78 is 0. The highest BCUT2D eigenvalue weighted by molar-refractivity contribution is 6.02. The lowest BCUT2D eigenvalue weighted by Crippen LogP contribution is -2.22. The van der Waals surface area contributed by atoms with E-state index in [0.29, 0.717) is 12.1 Å². The van der Waals surface area contributed by atoms with Gasteiger partial charge in [-0.25, -0.2) is 0 Å². The molecule has 2 aromatic rings. The summed E-state index contributed by atoms with van der Waals surface area (Å²) in [6.45, 7) is 3.98. The molecule has 2 amide bonds. The predicted octanol–water partition coefficient (Wildman–Crippen LogP) is 2.96. The molecule has 0 saturated carbocycles. The maximum absolute atomic E-state index is 11.9. The van der Waals surface area contributed by atoms with Crippen molar-refractivity contribution in [3.05, 3.63) is 82.1 Å². The molecule has 0 aliphatic carbocycles. The van der Waals surface area contributed by atoms with E-state index in [-0.39, 0.29) is 5.57 Å². The van der Waals surface area contributed by atoms with E-state index in [4.69, 9.17) is 5.73 Å². The molecule has 0 unspecified atom stereocenters. The number of hydrogen-bond acceptors (Lipinski definition) is 2. The van der Waals surface area contributed by atoms with Gasteiger partial charge in [-0.2, -0.15) is 0 Å². The summed E-state index contributed by atoms with van der Waals surface area (Å²) in [6.07, 6.45) is 3.92. The van der Waals surface area contributed by atoms with Crippen molar-refractivity contribution >= 4 is 24.5 Å². The molecule has 0 saturated heterocycles. The Morgan fingerprint density at radius 1 is 0.875 bits per heavy atom. The van der Waals surface area contributed by atoms with Crippen LogP contribution in [0.25, 0.3) is 12.2 Å². The van der Waals surface area contributed by atoms with Crippen molar-refractivity contribution in [2.75, 3.05) is 0 Å². The first-order chi connectivity index (χ1) is 11.5. The molecule has 0 aliphatic rings. The van der Waals surface area contributed by atoms with Gasteiger partial charge in [0.25, 0.3) is 5.91 Å². The van der Waals surface area contributed by atoms with Crippen LogP contribution in [0, 0.1) is 13.8 Å². The minimum atomic E-state index is -0.608. The largest absolute Gasteiger partial charge is 0.366 e. The van der Waals surface area contributed by atoms with Gasteiger partial charge in [-0.1, -0.05) is 59.7 Å². The first-order valence-corrected chi connectivity index (χ1v) is 7.56. The molecule has 0 bridgehead atoms. The van der Waals surface area contributed by atoms with Crippen LogP contribution in [-0.4, -0.2) is 12.3 Å². The van der Waals surface area contributed by atoms with Crippen molar-refractivity contribution in [1.82, 2.24) is 5.32 Å². The second kappa shape index (κ2) is 7.92. The number of carbonyl (C=O) groups is 2. The molecule has 0 fully saturated rings. The van der Waals surface area contributed by atoms with E-state index in [1.165, 1.54) is 0 Å². The van der Waals surface area contributed by atoms with Gasteiger partial charge in [0.05, 0.1) is 11.3 Å². The van der Waals surface area contributed by atoms with Gasteiger partial charge < -0.3 is 11.1 Å². The zero-order chi connectivity index (χ0) is 17.5. The molecule has 4 heteroatoms. The van der Waals surface area contributed by atoms with Gasteiger partial charge in [0, 0.05) is 0 Å². The third-order valence-corrected chi connectivity index (χ3v) is 3.55. The lowest BCUT2D eigenvalue weighted by atomic mass is 10.0. The van der Waals surface area contributed by atoms with Crippen molar-refractivity contribution in [1.29, 1.82) is 0 Å². The minimum absolute atomic E-state index is 0.242. The Morgan fingerprint density at radius 2 is 1.33 bits per heavy atom. The zero-order valence-corrected chi connectivity index (χ0v) is 13.7. The van der Waals surface area contributed by atoms with E-state index in [1.807, 2.05) is 62.4 Å². The quantitative estimate of drug-likeness (QED) is 0.488. The van der Waals surface area contributed by atoms with Gasteiger partial charge in [-0.05, 0) is 37.1 Å². The number of nitrogens with one attached hydrogen (secondary N) is 1. The fraction of sp³-hybridized carbons (Fsp3) is 0.100. The number of nitrogens with two attached hydrogens (primary N) is 1. The molecule has 0 heterocycles. The predicted molar refractivity (Wildman–Crippen MR) is 96.7 cm³/mol. The number of rotatable bonds is 6. The summed E-state index contributed by atoms with van der Waals surface area (Å²) in [6, 6.07) is 15.4. The Bertz CT molecular complexity index is 785. The number of aryl methyl sites for hydroxylation is 2. The molecule has 2 rings (SSSR count). The number of hydrogen-bond donors (Lipinski definition) is 2. The van der Waals surface area contributed by atoms with E-state index < -0.39 is 5.91 Å². The summed E-state index contributed by atoms with van der Waals surface area (Å²) in [4.78, 5) is 22.8. The summed E-state index contributed by atoms with van der Waals surface area (Å²) in [5.74, 6) is -0.608. The molecule has 2 aromatic carbocycles. The van der Waals surface area contributed by atoms with E-state index >= 15 is 0 Å². The first-order valence-electron chi connectivity index (χ1n) is 7.56. The third-order valence-electron chi connectivity index (χ3n) is 3.55. The Balaban J connectivity index is 2.47. The van der Waals surface area contributed by atoms with E-state index in [0.717, 1.165) is 22.3 Å². The topological polar surface area (TPSA) is 72.2 Å². The van der Waals surface area contributed by atoms with Crippen LogP contribution in [-0.2, 0) is 9.59 Å². The fourth-order valence-electron chi connectivity index (χ4n) is 2.20. The van der Waals surface area contributed by atoms with Crippen LogP contribution in [0.4, 0.5) is 0 Å². The Labute approximate surface area is 141 Å². The number of amides is 2. The first kappa shape index (κ1) is 17.2. The van der Waals surface area contributed by atoms with Gasteiger partial charge in [-0.3, -0.25) is 9.59 Å². The van der Waals surface area contributed by atoms with Crippen molar-refractivity contribution in [3.63, 3.8) is 0 Å². The molecule has 0 aromatic heterocycles. The number of primary amides is 1. The molecule has 24 heavy (non-hydrogen) atoms. The highest BCUT2D eigenvalue weighted by atomic mass is 16.1. The highest BCUT2D eigenvalue weighted by Gasteiger charge is 2.11.